The molecule has 0 heterocycles. The van der Waals surface area contributed by atoms with Crippen molar-refractivity contribution in [2.24, 2.45) is 0 Å². The highest BCUT2D eigenvalue weighted by atomic mass is 35.5. The quantitative estimate of drug-likeness (QED) is 0.649. The number of esters is 1. The van der Waals surface area contributed by atoms with Crippen LogP contribution >= 0.6 is 11.6 Å². The normalized spacial score (nSPS) is 10.1. The summed E-state index contributed by atoms with van der Waals surface area (Å²) < 4.78 is 9.74. The first kappa shape index (κ1) is 17.8. The maximum absolute atomic E-state index is 12.2. The lowest BCUT2D eigenvalue weighted by Crippen LogP contribution is -2.18. The number of amides is 1. The van der Waals surface area contributed by atoms with Crippen LogP contribution in [-0.2, 0) is 9.47 Å². The minimum Gasteiger partial charge on any atom is -0.465 e. The molecule has 0 bridgehead atoms. The van der Waals surface area contributed by atoms with Crippen LogP contribution in [0.15, 0.2) is 42.5 Å². The molecular formula is C18H18ClNO4. The fourth-order valence-electron chi connectivity index (χ4n) is 2.39. The molecule has 2 aromatic carbocycles. The fraction of sp³-hybridized carbons (Fsp3) is 0.222. The maximum Gasteiger partial charge on any atom is 0.411 e. The third-order valence-corrected chi connectivity index (χ3v) is 3.64. The van der Waals surface area contributed by atoms with E-state index in [9.17, 15) is 9.59 Å². The van der Waals surface area contributed by atoms with E-state index in [0.29, 0.717) is 16.8 Å². The molecule has 0 atom stereocenters. The molecule has 1 N–H and O–H groups in total. The van der Waals surface area contributed by atoms with Gasteiger partial charge in [0.05, 0.1) is 24.2 Å². The van der Waals surface area contributed by atoms with Gasteiger partial charge >= 0.3 is 12.1 Å². The van der Waals surface area contributed by atoms with E-state index in [-0.39, 0.29) is 12.5 Å². The first-order chi connectivity index (χ1) is 11.6. The molecule has 0 radical (unpaired) electrons. The Hall–Kier alpha value is -2.53. The van der Waals surface area contributed by atoms with Crippen molar-refractivity contribution in [3.63, 3.8) is 0 Å². The van der Waals surface area contributed by atoms with E-state index in [1.54, 1.807) is 6.07 Å². The zero-order valence-electron chi connectivity index (χ0n) is 13.5. The van der Waals surface area contributed by atoms with Crippen LogP contribution in [-0.4, -0.2) is 31.7 Å². The molecule has 0 aliphatic rings. The number of hydrogen-bond donors (Lipinski definition) is 1. The summed E-state index contributed by atoms with van der Waals surface area (Å²) in [4.78, 5) is 24.0. The number of methoxy groups -OCH3 is 1. The summed E-state index contributed by atoms with van der Waals surface area (Å²) in [7, 11) is 1.30. The van der Waals surface area contributed by atoms with Gasteiger partial charge in [0, 0.05) is 0 Å². The van der Waals surface area contributed by atoms with Gasteiger partial charge in [0.15, 0.2) is 0 Å². The van der Waals surface area contributed by atoms with Gasteiger partial charge in [0.2, 0.25) is 0 Å². The summed E-state index contributed by atoms with van der Waals surface area (Å²) in [6, 6.07) is 13.2. The van der Waals surface area contributed by atoms with E-state index in [4.69, 9.17) is 21.1 Å². The summed E-state index contributed by atoms with van der Waals surface area (Å²) in [6.07, 6.45) is -0.673. The Morgan fingerprint density at radius 1 is 1.12 bits per heavy atom. The number of hydrogen-bond acceptors (Lipinski definition) is 4. The Morgan fingerprint density at radius 2 is 1.83 bits per heavy atom. The zero-order valence-corrected chi connectivity index (χ0v) is 14.2. The summed E-state index contributed by atoms with van der Waals surface area (Å²) in [5.41, 5.74) is 3.19. The van der Waals surface area contributed by atoms with E-state index in [1.165, 1.54) is 7.11 Å². The molecule has 2 aromatic rings. The highest BCUT2D eigenvalue weighted by Gasteiger charge is 2.20. The van der Waals surface area contributed by atoms with Gasteiger partial charge in [-0.05, 0) is 29.7 Å². The Bertz CT molecular complexity index is 731. The predicted molar refractivity (Wildman–Crippen MR) is 93.6 cm³/mol. The fourth-order valence-corrected chi connectivity index (χ4v) is 2.47. The van der Waals surface area contributed by atoms with Gasteiger partial charge in [-0.1, -0.05) is 36.4 Å². The molecule has 0 unspecified atom stereocenters. The lowest BCUT2D eigenvalue weighted by molar-refractivity contribution is 0.0601. The van der Waals surface area contributed by atoms with Gasteiger partial charge < -0.3 is 9.47 Å². The lowest BCUT2D eigenvalue weighted by Gasteiger charge is -2.15. The lowest BCUT2D eigenvalue weighted by atomic mass is 9.95. The number of rotatable bonds is 5. The Kier molecular flexibility index (Phi) is 6.21. The minimum atomic E-state index is -0.673. The van der Waals surface area contributed by atoms with E-state index in [1.807, 2.05) is 43.3 Å². The summed E-state index contributed by atoms with van der Waals surface area (Å²) in [5.74, 6) is -0.332. The number of halogens is 1. The molecule has 0 saturated heterocycles. The second kappa shape index (κ2) is 8.36. The number of anilines is 1. The first-order valence-electron chi connectivity index (χ1n) is 7.35. The Morgan fingerprint density at radius 3 is 2.46 bits per heavy atom. The van der Waals surface area contributed by atoms with Crippen LogP contribution in [0.4, 0.5) is 10.5 Å². The van der Waals surface area contributed by atoms with Gasteiger partial charge in [-0.25, -0.2) is 9.59 Å². The standard InChI is InChI=1S/C18H18ClNO4/c1-12-14(13-6-4-3-5-7-13)8-9-15(16(12)17(21)23-2)20-18(22)24-11-10-19/h3-9H,10-11H2,1-2H3,(H,20,22). The molecule has 6 heteroatoms. The van der Waals surface area contributed by atoms with E-state index >= 15 is 0 Å². The Balaban J connectivity index is 2.44. The van der Waals surface area contributed by atoms with Gasteiger partial charge in [-0.3, -0.25) is 5.32 Å². The van der Waals surface area contributed by atoms with Crippen LogP contribution in [0.5, 0.6) is 0 Å². The van der Waals surface area contributed by atoms with Crippen LogP contribution in [0.1, 0.15) is 15.9 Å². The molecule has 24 heavy (non-hydrogen) atoms. The van der Waals surface area contributed by atoms with Crippen molar-refractivity contribution < 1.29 is 19.1 Å². The van der Waals surface area contributed by atoms with Crippen molar-refractivity contribution in [3.8, 4) is 11.1 Å². The Labute approximate surface area is 145 Å². The third kappa shape index (κ3) is 4.06. The minimum absolute atomic E-state index is 0.0853. The van der Waals surface area contributed by atoms with Crippen LogP contribution in [0, 0.1) is 6.92 Å². The molecule has 0 aliphatic carbocycles. The molecule has 126 valence electrons. The predicted octanol–water partition coefficient (Wildman–Crippen LogP) is 4.24. The van der Waals surface area contributed by atoms with E-state index < -0.39 is 12.1 Å². The van der Waals surface area contributed by atoms with E-state index in [2.05, 4.69) is 5.32 Å². The van der Waals surface area contributed by atoms with Crippen molar-refractivity contribution in [3.05, 3.63) is 53.6 Å². The number of benzene rings is 2. The summed E-state index contributed by atoms with van der Waals surface area (Å²) in [5, 5.41) is 2.56. The first-order valence-corrected chi connectivity index (χ1v) is 7.89. The molecule has 5 nitrogen and oxygen atoms in total. The molecule has 0 saturated carbocycles. The topological polar surface area (TPSA) is 64.6 Å². The summed E-state index contributed by atoms with van der Waals surface area (Å²) in [6.45, 7) is 1.89. The second-order valence-electron chi connectivity index (χ2n) is 4.97. The molecule has 1 amide bonds. The van der Waals surface area contributed by atoms with Crippen LogP contribution in [0.25, 0.3) is 11.1 Å². The number of carbonyl (C=O) groups excluding carboxylic acids is 2. The van der Waals surface area contributed by atoms with Crippen LogP contribution < -0.4 is 5.32 Å². The molecule has 0 fully saturated rings. The molecular weight excluding hydrogens is 330 g/mol. The molecule has 0 aliphatic heterocycles. The maximum atomic E-state index is 12.2. The largest absolute Gasteiger partial charge is 0.465 e. The van der Waals surface area contributed by atoms with Gasteiger partial charge in [0.1, 0.15) is 6.61 Å². The van der Waals surface area contributed by atoms with Crippen molar-refractivity contribution in [1.82, 2.24) is 0 Å². The van der Waals surface area contributed by atoms with Crippen LogP contribution in [0.3, 0.4) is 0 Å². The smallest absolute Gasteiger partial charge is 0.411 e. The van der Waals surface area contributed by atoms with Crippen molar-refractivity contribution in [1.29, 1.82) is 0 Å². The third-order valence-electron chi connectivity index (χ3n) is 3.49. The number of alkyl halides is 1. The average Bonchev–Trinajstić information content (AvgIpc) is 2.60. The highest BCUT2D eigenvalue weighted by molar-refractivity contribution is 6.18. The van der Waals surface area contributed by atoms with Crippen molar-refractivity contribution in [2.75, 3.05) is 24.9 Å². The molecule has 0 spiro atoms. The van der Waals surface area contributed by atoms with Gasteiger partial charge in [-0.15, -0.1) is 11.6 Å². The van der Waals surface area contributed by atoms with Gasteiger partial charge in [0.25, 0.3) is 0 Å². The van der Waals surface area contributed by atoms with Crippen LogP contribution in [0.2, 0.25) is 0 Å². The number of carbonyl (C=O) groups is 2. The second-order valence-corrected chi connectivity index (χ2v) is 5.35. The average molecular weight is 348 g/mol. The van der Waals surface area contributed by atoms with Crippen molar-refractivity contribution in [2.45, 2.75) is 6.92 Å². The summed E-state index contributed by atoms with van der Waals surface area (Å²) >= 11 is 5.49. The monoisotopic (exact) mass is 347 g/mol. The zero-order chi connectivity index (χ0) is 17.5. The van der Waals surface area contributed by atoms with Gasteiger partial charge in [-0.2, -0.15) is 0 Å². The van der Waals surface area contributed by atoms with Crippen molar-refractivity contribution >= 4 is 29.4 Å². The number of nitrogens with one attached hydrogen (secondary N) is 1. The number of ether oxygens (including phenoxy) is 2. The highest BCUT2D eigenvalue weighted by Crippen LogP contribution is 2.31. The van der Waals surface area contributed by atoms with E-state index in [0.717, 1.165) is 11.1 Å². The molecule has 2 rings (SSSR count). The molecule has 0 aromatic heterocycles. The SMILES string of the molecule is COC(=O)c1c(NC(=O)OCCCl)ccc(-c2ccccc2)c1C.